The van der Waals surface area contributed by atoms with Crippen molar-refractivity contribution in [3.8, 4) is 11.5 Å². The number of quaternary nitrogens is 1. The Morgan fingerprint density at radius 3 is 2.52 bits per heavy atom. The Morgan fingerprint density at radius 2 is 1.86 bits per heavy atom. The number of carbonyl (C=O) groups excluding carboxylic acids is 1. The molecule has 0 radical (unpaired) electrons. The van der Waals surface area contributed by atoms with Gasteiger partial charge in [-0.1, -0.05) is 23.7 Å². The van der Waals surface area contributed by atoms with Crippen LogP contribution >= 0.6 is 11.6 Å². The van der Waals surface area contributed by atoms with Crippen molar-refractivity contribution in [2.24, 2.45) is 0 Å². The molecule has 3 rings (SSSR count). The summed E-state index contributed by atoms with van der Waals surface area (Å²) in [6.45, 7) is 3.12. The van der Waals surface area contributed by atoms with Gasteiger partial charge in [-0.15, -0.1) is 0 Å². The number of fused-ring (bicyclic) bond motifs is 1. The predicted octanol–water partition coefficient (Wildman–Crippen LogP) is 2.34. The van der Waals surface area contributed by atoms with Gasteiger partial charge >= 0.3 is 0 Å². The maximum atomic E-state index is 12.8. The van der Waals surface area contributed by atoms with E-state index in [2.05, 4.69) is 0 Å². The Kier molecular flexibility index (Phi) is 7.28. The molecule has 2 aromatic carbocycles. The summed E-state index contributed by atoms with van der Waals surface area (Å²) in [5.74, 6) is 0.518. The maximum Gasteiger partial charge on any atom is 0.231 e. The molecule has 0 atom stereocenters. The average Bonchev–Trinajstić information content (AvgIpc) is 3.01. The normalized spacial score (nSPS) is 14.5. The minimum Gasteiger partial charge on any atom is -0.507 e. The maximum absolute atomic E-state index is 12.8. The first-order valence-corrected chi connectivity index (χ1v) is 9.77. The second-order valence-corrected chi connectivity index (χ2v) is 7.28. The second kappa shape index (κ2) is 9.89. The lowest BCUT2D eigenvalue weighted by Crippen LogP contribution is -3.11. The van der Waals surface area contributed by atoms with Crippen LogP contribution in [0.3, 0.4) is 0 Å². The summed E-state index contributed by atoms with van der Waals surface area (Å²) in [5.41, 5.74) is 1.82. The molecule has 2 aromatic rings. The molecule has 6 nitrogen and oxygen atoms in total. The highest BCUT2D eigenvalue weighted by atomic mass is 35.5. The van der Waals surface area contributed by atoms with Gasteiger partial charge in [0.1, 0.15) is 25.4 Å². The molecule has 0 bridgehead atoms. The fourth-order valence-electron chi connectivity index (χ4n) is 3.26. The van der Waals surface area contributed by atoms with Gasteiger partial charge in [-0.05, 0) is 35.9 Å². The van der Waals surface area contributed by atoms with Crippen molar-refractivity contribution in [3.05, 3.63) is 63.9 Å². The van der Waals surface area contributed by atoms with Crippen molar-refractivity contribution in [1.29, 1.82) is 0 Å². The summed E-state index contributed by atoms with van der Waals surface area (Å²) in [6.07, 6.45) is 1.66. The van der Waals surface area contributed by atoms with Crippen LogP contribution in [-0.2, 0) is 16.0 Å². The third kappa shape index (κ3) is 5.16. The number of halogens is 1. The van der Waals surface area contributed by atoms with Gasteiger partial charge in [0.15, 0.2) is 11.5 Å². The molecule has 0 amide bonds. The zero-order chi connectivity index (χ0) is 20.8. The van der Waals surface area contributed by atoms with Gasteiger partial charge in [0, 0.05) is 19.2 Å². The van der Waals surface area contributed by atoms with E-state index in [9.17, 15) is 9.90 Å². The summed E-state index contributed by atoms with van der Waals surface area (Å²) in [4.78, 5) is 14.0. The fraction of sp³-hybridized carbons (Fsp3) is 0.318. The number of hydrogen-bond acceptors (Lipinski definition) is 5. The van der Waals surface area contributed by atoms with Gasteiger partial charge in [0.05, 0.1) is 24.3 Å². The zero-order valence-corrected chi connectivity index (χ0v) is 17.3. The summed E-state index contributed by atoms with van der Waals surface area (Å²) < 4.78 is 16.3. The van der Waals surface area contributed by atoms with Gasteiger partial charge in [0.25, 0.3) is 0 Å². The molecule has 0 unspecified atom stereocenters. The zero-order valence-electron chi connectivity index (χ0n) is 16.5. The number of benzene rings is 2. The Balaban J connectivity index is 1.89. The lowest BCUT2D eigenvalue weighted by molar-refractivity contribution is -0.914. The van der Waals surface area contributed by atoms with Crippen LogP contribution in [0.15, 0.2) is 42.2 Å². The SMILES string of the molecule is COCC[NH+](CCOC)Cc1c(O)ccc2c1O/C(=C\c1cccc(Cl)c1)C2=O. The number of allylic oxidation sites excluding steroid dienone is 1. The molecule has 29 heavy (non-hydrogen) atoms. The first-order valence-electron chi connectivity index (χ1n) is 9.39. The average molecular weight is 419 g/mol. The number of rotatable bonds is 9. The quantitative estimate of drug-likeness (QED) is 0.612. The number of Topliss-reactive ketones (excluding diaryl/α,β-unsaturated/α-hetero) is 1. The first kappa shape index (κ1) is 21.3. The van der Waals surface area contributed by atoms with Crippen LogP contribution in [-0.4, -0.2) is 51.4 Å². The smallest absolute Gasteiger partial charge is 0.231 e. The largest absolute Gasteiger partial charge is 0.507 e. The number of hydrogen-bond donors (Lipinski definition) is 2. The van der Waals surface area contributed by atoms with Crippen molar-refractivity contribution in [2.45, 2.75) is 6.54 Å². The lowest BCUT2D eigenvalue weighted by Gasteiger charge is -2.20. The van der Waals surface area contributed by atoms with Gasteiger partial charge in [-0.2, -0.15) is 0 Å². The van der Waals surface area contributed by atoms with Crippen molar-refractivity contribution < 1.29 is 29.0 Å². The van der Waals surface area contributed by atoms with E-state index in [0.717, 1.165) is 23.6 Å². The van der Waals surface area contributed by atoms with Crippen LogP contribution in [0.4, 0.5) is 0 Å². The minimum atomic E-state index is -0.212. The molecule has 1 aliphatic rings. The van der Waals surface area contributed by atoms with Crippen molar-refractivity contribution in [1.82, 2.24) is 0 Å². The van der Waals surface area contributed by atoms with Crippen molar-refractivity contribution in [2.75, 3.05) is 40.5 Å². The molecule has 0 saturated heterocycles. The Hall–Kier alpha value is -2.38. The van der Waals surface area contributed by atoms with Gasteiger partial charge < -0.3 is 24.2 Å². The van der Waals surface area contributed by atoms with Crippen LogP contribution in [0.2, 0.25) is 5.02 Å². The Labute approximate surface area is 175 Å². The highest BCUT2D eigenvalue weighted by Gasteiger charge is 2.32. The third-order valence-corrected chi connectivity index (χ3v) is 5.04. The molecule has 1 aliphatic heterocycles. The molecular weight excluding hydrogens is 394 g/mol. The van der Waals surface area contributed by atoms with E-state index >= 15 is 0 Å². The number of phenols is 1. The molecule has 0 saturated carbocycles. The van der Waals surface area contributed by atoms with Crippen LogP contribution in [0.1, 0.15) is 21.5 Å². The minimum absolute atomic E-state index is 0.105. The monoisotopic (exact) mass is 418 g/mol. The fourth-order valence-corrected chi connectivity index (χ4v) is 3.46. The van der Waals surface area contributed by atoms with Gasteiger partial charge in [-0.3, -0.25) is 4.79 Å². The number of ether oxygens (including phenoxy) is 3. The van der Waals surface area contributed by atoms with Crippen molar-refractivity contribution in [3.63, 3.8) is 0 Å². The summed E-state index contributed by atoms with van der Waals surface area (Å²) in [7, 11) is 3.31. The van der Waals surface area contributed by atoms with E-state index in [1.165, 1.54) is 0 Å². The second-order valence-electron chi connectivity index (χ2n) is 6.85. The predicted molar refractivity (Wildman–Crippen MR) is 111 cm³/mol. The Bertz CT molecular complexity index is 904. The van der Waals surface area contributed by atoms with Crippen LogP contribution in [0.25, 0.3) is 6.08 Å². The molecular formula is C22H25ClNO5+. The number of phenolic OH excluding ortho intramolecular Hbond substituents is 1. The van der Waals surface area contributed by atoms with E-state index in [0.29, 0.717) is 41.7 Å². The molecule has 154 valence electrons. The molecule has 0 aromatic heterocycles. The molecule has 0 spiro atoms. The summed E-state index contributed by atoms with van der Waals surface area (Å²) >= 11 is 6.03. The highest BCUT2D eigenvalue weighted by molar-refractivity contribution is 6.30. The molecule has 0 aliphatic carbocycles. The van der Waals surface area contributed by atoms with Crippen molar-refractivity contribution >= 4 is 23.5 Å². The van der Waals surface area contributed by atoms with Crippen LogP contribution in [0, 0.1) is 0 Å². The lowest BCUT2D eigenvalue weighted by atomic mass is 10.0. The number of methoxy groups -OCH3 is 2. The van der Waals surface area contributed by atoms with Gasteiger partial charge in [-0.25, -0.2) is 0 Å². The first-order chi connectivity index (χ1) is 14.0. The van der Waals surface area contributed by atoms with Gasteiger partial charge in [0.2, 0.25) is 5.78 Å². The highest BCUT2D eigenvalue weighted by Crippen LogP contribution is 2.39. The van der Waals surface area contributed by atoms with E-state index in [1.807, 2.05) is 12.1 Å². The number of carbonyl (C=O) groups is 1. The van der Waals surface area contributed by atoms with E-state index in [-0.39, 0.29) is 17.3 Å². The standard InChI is InChI=1S/C22H24ClNO5/c1-27-10-8-24(9-11-28-2)14-18-19(25)7-6-17-21(26)20(29-22(17)18)13-15-4-3-5-16(23)12-15/h3-7,12-13,25H,8-11,14H2,1-2H3/p+1/b20-13-. The van der Waals surface area contributed by atoms with Crippen LogP contribution in [0.5, 0.6) is 11.5 Å². The molecule has 7 heteroatoms. The number of nitrogens with one attached hydrogen (secondary N) is 1. The van der Waals surface area contributed by atoms with E-state index in [1.54, 1.807) is 44.6 Å². The topological polar surface area (TPSA) is 69.4 Å². The summed E-state index contributed by atoms with van der Waals surface area (Å²) in [6, 6.07) is 10.3. The molecule has 1 heterocycles. The van der Waals surface area contributed by atoms with E-state index in [4.69, 9.17) is 25.8 Å². The number of ketones is 1. The number of aromatic hydroxyl groups is 1. The van der Waals surface area contributed by atoms with E-state index < -0.39 is 0 Å². The Morgan fingerprint density at radius 1 is 1.14 bits per heavy atom. The molecule has 0 fully saturated rings. The van der Waals surface area contributed by atoms with Crippen LogP contribution < -0.4 is 9.64 Å². The summed E-state index contributed by atoms with van der Waals surface area (Å²) in [5, 5.41) is 11.0. The molecule has 2 N–H and O–H groups in total. The third-order valence-electron chi connectivity index (χ3n) is 4.81.